The number of nitrogens with one attached hydrogen (secondary N) is 1. The zero-order chi connectivity index (χ0) is 17.2. The van der Waals surface area contributed by atoms with Crippen LogP contribution in [0.5, 0.6) is 0 Å². The Balaban J connectivity index is 1.98. The number of carbonyl (C=O) groups excluding carboxylic acids is 2. The number of ether oxygens (including phenoxy) is 1. The molecule has 1 aliphatic rings. The normalized spacial score (nSPS) is 16.6. The van der Waals surface area contributed by atoms with Crippen LogP contribution in [0.25, 0.3) is 10.9 Å². The topological polar surface area (TPSA) is 68.3 Å². The van der Waals surface area contributed by atoms with Crippen LogP contribution in [-0.2, 0) is 9.53 Å². The highest BCUT2D eigenvalue weighted by atomic mass is 16.5. The number of aromatic nitrogens is 1. The van der Waals surface area contributed by atoms with Crippen molar-refractivity contribution in [1.29, 1.82) is 0 Å². The fraction of sp³-hybridized carbons (Fsp3) is 0.421. The summed E-state index contributed by atoms with van der Waals surface area (Å²) in [6, 6.07) is 9.31. The third kappa shape index (κ3) is 2.98. The molecule has 1 fully saturated rings. The lowest BCUT2D eigenvalue weighted by atomic mass is 9.81. The summed E-state index contributed by atoms with van der Waals surface area (Å²) in [6.07, 6.45) is 4.13. The first kappa shape index (κ1) is 16.4. The second-order valence-corrected chi connectivity index (χ2v) is 6.42. The minimum Gasteiger partial charge on any atom is -0.467 e. The molecule has 0 aliphatic heterocycles. The zero-order valence-corrected chi connectivity index (χ0v) is 14.1. The van der Waals surface area contributed by atoms with Gasteiger partial charge in [0.05, 0.1) is 18.2 Å². The van der Waals surface area contributed by atoms with Gasteiger partial charge in [-0.15, -0.1) is 0 Å². The predicted octanol–water partition coefficient (Wildman–Crippen LogP) is 3.15. The van der Waals surface area contributed by atoms with E-state index in [0.717, 1.165) is 35.9 Å². The van der Waals surface area contributed by atoms with Crippen molar-refractivity contribution in [3.8, 4) is 0 Å². The predicted molar refractivity (Wildman–Crippen MR) is 91.8 cm³/mol. The summed E-state index contributed by atoms with van der Waals surface area (Å²) in [5.41, 5.74) is 1.18. The maximum atomic E-state index is 13.0. The summed E-state index contributed by atoms with van der Waals surface area (Å²) in [5, 5.41) is 3.77. The van der Waals surface area contributed by atoms with E-state index in [2.05, 4.69) is 10.3 Å². The third-order valence-corrected chi connectivity index (χ3v) is 4.72. The second kappa shape index (κ2) is 6.59. The van der Waals surface area contributed by atoms with Gasteiger partial charge < -0.3 is 10.1 Å². The lowest BCUT2D eigenvalue weighted by Gasteiger charge is -2.35. The molecule has 0 spiro atoms. The highest BCUT2D eigenvalue weighted by molar-refractivity contribution is 6.07. The number of hydrogen-bond donors (Lipinski definition) is 1. The van der Waals surface area contributed by atoms with E-state index < -0.39 is 5.54 Å². The molecule has 5 nitrogen and oxygen atoms in total. The number of methoxy groups -OCH3 is 1. The molecule has 1 saturated carbocycles. The van der Waals surface area contributed by atoms with Crippen molar-refractivity contribution in [1.82, 2.24) is 10.3 Å². The average Bonchev–Trinajstić information content (AvgIpc) is 2.60. The largest absolute Gasteiger partial charge is 0.467 e. The molecule has 1 aliphatic carbocycles. The van der Waals surface area contributed by atoms with Crippen molar-refractivity contribution in [2.45, 2.75) is 44.6 Å². The van der Waals surface area contributed by atoms with E-state index in [-0.39, 0.29) is 11.9 Å². The molecule has 126 valence electrons. The van der Waals surface area contributed by atoms with Crippen molar-refractivity contribution < 1.29 is 14.3 Å². The van der Waals surface area contributed by atoms with Gasteiger partial charge in [0.2, 0.25) is 0 Å². The second-order valence-electron chi connectivity index (χ2n) is 6.42. The van der Waals surface area contributed by atoms with Gasteiger partial charge in [-0.05, 0) is 31.9 Å². The minimum absolute atomic E-state index is 0.246. The van der Waals surface area contributed by atoms with E-state index in [4.69, 9.17) is 4.74 Å². The number of para-hydroxylation sites is 1. The molecule has 1 amide bonds. The minimum atomic E-state index is -0.914. The number of fused-ring (bicyclic) bond motifs is 1. The maximum absolute atomic E-state index is 13.0. The Bertz CT molecular complexity index is 779. The summed E-state index contributed by atoms with van der Waals surface area (Å²) in [7, 11) is 1.37. The zero-order valence-electron chi connectivity index (χ0n) is 14.1. The molecule has 0 atom stereocenters. The number of pyridine rings is 1. The highest BCUT2D eigenvalue weighted by Crippen LogP contribution is 2.30. The average molecular weight is 326 g/mol. The van der Waals surface area contributed by atoms with E-state index >= 15 is 0 Å². The van der Waals surface area contributed by atoms with E-state index in [0.29, 0.717) is 18.4 Å². The van der Waals surface area contributed by atoms with Gasteiger partial charge in [0.1, 0.15) is 5.54 Å². The van der Waals surface area contributed by atoms with Gasteiger partial charge in [-0.1, -0.05) is 37.5 Å². The standard InChI is InChI=1S/C19H22N2O3/c1-13-12-15(14-8-4-5-9-16(14)20-13)17(22)21-19(18(23)24-2)10-6-3-7-11-19/h4-5,8-9,12H,3,6-7,10-11H2,1-2H3,(H,21,22). The maximum Gasteiger partial charge on any atom is 0.331 e. The summed E-state index contributed by atoms with van der Waals surface area (Å²) >= 11 is 0. The van der Waals surface area contributed by atoms with Gasteiger partial charge in [-0.3, -0.25) is 9.78 Å². The molecule has 0 radical (unpaired) electrons. The number of nitrogens with zero attached hydrogens (tertiary/aromatic N) is 1. The van der Waals surface area contributed by atoms with Crippen molar-refractivity contribution in [2.24, 2.45) is 0 Å². The summed E-state index contributed by atoms with van der Waals surface area (Å²) < 4.78 is 4.98. The van der Waals surface area contributed by atoms with E-state index in [1.807, 2.05) is 31.2 Å². The van der Waals surface area contributed by atoms with Crippen LogP contribution >= 0.6 is 0 Å². The van der Waals surface area contributed by atoms with Crippen molar-refractivity contribution in [3.05, 3.63) is 41.6 Å². The number of hydrogen-bond acceptors (Lipinski definition) is 4. The fourth-order valence-corrected chi connectivity index (χ4v) is 3.51. The number of aryl methyl sites for hydroxylation is 1. The van der Waals surface area contributed by atoms with Crippen LogP contribution < -0.4 is 5.32 Å². The van der Waals surface area contributed by atoms with Gasteiger partial charge in [-0.2, -0.15) is 0 Å². The molecule has 1 N–H and O–H groups in total. The van der Waals surface area contributed by atoms with Crippen LogP contribution in [0, 0.1) is 6.92 Å². The van der Waals surface area contributed by atoms with Gasteiger partial charge in [0, 0.05) is 11.1 Å². The molecular weight excluding hydrogens is 304 g/mol. The smallest absolute Gasteiger partial charge is 0.331 e. The summed E-state index contributed by atoms with van der Waals surface area (Å²) in [4.78, 5) is 29.8. The van der Waals surface area contributed by atoms with Gasteiger partial charge >= 0.3 is 5.97 Å². The first-order valence-corrected chi connectivity index (χ1v) is 8.33. The van der Waals surface area contributed by atoms with Crippen molar-refractivity contribution in [2.75, 3.05) is 7.11 Å². The molecule has 3 rings (SSSR count). The highest BCUT2D eigenvalue weighted by Gasteiger charge is 2.42. The Labute approximate surface area is 141 Å². The molecule has 0 saturated heterocycles. The number of benzene rings is 1. The molecule has 1 heterocycles. The molecule has 2 aromatic rings. The lowest BCUT2D eigenvalue weighted by Crippen LogP contribution is -2.56. The third-order valence-electron chi connectivity index (χ3n) is 4.72. The van der Waals surface area contributed by atoms with Crippen molar-refractivity contribution >= 4 is 22.8 Å². The van der Waals surface area contributed by atoms with Crippen LogP contribution in [0.3, 0.4) is 0 Å². The van der Waals surface area contributed by atoms with Gasteiger partial charge in [0.15, 0.2) is 0 Å². The van der Waals surface area contributed by atoms with Gasteiger partial charge in [0.25, 0.3) is 5.91 Å². The van der Waals surface area contributed by atoms with E-state index in [9.17, 15) is 9.59 Å². The number of rotatable bonds is 3. The molecule has 5 heteroatoms. The number of carbonyl (C=O) groups is 2. The van der Waals surface area contributed by atoms with Crippen LogP contribution in [-0.4, -0.2) is 29.5 Å². The Morgan fingerprint density at radius 3 is 2.58 bits per heavy atom. The fourth-order valence-electron chi connectivity index (χ4n) is 3.51. The first-order chi connectivity index (χ1) is 11.6. The van der Waals surface area contributed by atoms with Crippen molar-refractivity contribution in [3.63, 3.8) is 0 Å². The molecule has 0 bridgehead atoms. The van der Waals surface area contributed by atoms with E-state index in [1.54, 1.807) is 6.07 Å². The Morgan fingerprint density at radius 2 is 1.88 bits per heavy atom. The molecular formula is C19H22N2O3. The van der Waals surface area contributed by atoms with Gasteiger partial charge in [-0.25, -0.2) is 4.79 Å². The van der Waals surface area contributed by atoms with Crippen LogP contribution in [0.4, 0.5) is 0 Å². The Hall–Kier alpha value is -2.43. The number of amides is 1. The molecule has 1 aromatic heterocycles. The molecule has 1 aromatic carbocycles. The Morgan fingerprint density at radius 1 is 1.17 bits per heavy atom. The number of esters is 1. The summed E-state index contributed by atoms with van der Waals surface area (Å²) in [5.74, 6) is -0.602. The SMILES string of the molecule is COC(=O)C1(NC(=O)c2cc(C)nc3ccccc23)CCCCC1. The quantitative estimate of drug-likeness (QED) is 0.880. The van der Waals surface area contributed by atoms with E-state index in [1.165, 1.54) is 7.11 Å². The van der Waals surface area contributed by atoms with Crippen LogP contribution in [0.2, 0.25) is 0 Å². The first-order valence-electron chi connectivity index (χ1n) is 8.33. The molecule has 0 unspecified atom stereocenters. The monoisotopic (exact) mass is 326 g/mol. The Kier molecular flexibility index (Phi) is 4.51. The van der Waals surface area contributed by atoms with Crippen LogP contribution in [0.1, 0.15) is 48.2 Å². The van der Waals surface area contributed by atoms with Crippen LogP contribution in [0.15, 0.2) is 30.3 Å². The lowest BCUT2D eigenvalue weighted by molar-refractivity contribution is -0.149. The summed E-state index contributed by atoms with van der Waals surface area (Å²) in [6.45, 7) is 1.86. The molecule has 24 heavy (non-hydrogen) atoms.